The summed E-state index contributed by atoms with van der Waals surface area (Å²) in [6, 6.07) is 11.6. The monoisotopic (exact) mass is 432 g/mol. The summed E-state index contributed by atoms with van der Waals surface area (Å²) in [5, 5.41) is 1.27. The fourth-order valence-corrected chi connectivity index (χ4v) is 4.63. The topological polar surface area (TPSA) is 34.9 Å². The van der Waals surface area contributed by atoms with E-state index in [4.69, 9.17) is 28.2 Å². The van der Waals surface area contributed by atoms with Gasteiger partial charge in [0.25, 0.3) is 5.56 Å². The van der Waals surface area contributed by atoms with E-state index in [0.29, 0.717) is 26.6 Å². The third-order valence-corrected chi connectivity index (χ3v) is 6.57. The van der Waals surface area contributed by atoms with Crippen LogP contribution in [0.1, 0.15) is 16.0 Å². The summed E-state index contributed by atoms with van der Waals surface area (Å²) in [5.74, 6) is -0.0773. The molecular weight excluding hydrogens is 418 g/mol. The van der Waals surface area contributed by atoms with Gasteiger partial charge in [0.15, 0.2) is 0 Å². The van der Waals surface area contributed by atoms with Crippen molar-refractivity contribution in [3.05, 3.63) is 84.7 Å². The number of hydrogen-bond donors (Lipinski definition) is 0. The molecule has 0 spiro atoms. The summed E-state index contributed by atoms with van der Waals surface area (Å²) in [5.41, 5.74) is 1.50. The summed E-state index contributed by atoms with van der Waals surface area (Å²) in [6.45, 7) is 3.81. The van der Waals surface area contributed by atoms with Crippen molar-refractivity contribution in [1.29, 1.82) is 0 Å². The molecule has 2 heterocycles. The molecule has 4 rings (SSSR count). The van der Waals surface area contributed by atoms with Crippen molar-refractivity contribution >= 4 is 44.8 Å². The number of aromatic nitrogens is 2. The quantitative estimate of drug-likeness (QED) is 0.384. The predicted molar refractivity (Wildman–Crippen MR) is 114 cm³/mol. The molecule has 0 aliphatic rings. The Morgan fingerprint density at radius 1 is 1.07 bits per heavy atom. The van der Waals surface area contributed by atoms with Crippen LogP contribution < -0.4 is 5.56 Å². The lowest BCUT2D eigenvalue weighted by Crippen LogP contribution is -2.24. The predicted octanol–water partition coefficient (Wildman–Crippen LogP) is 6.24. The molecule has 0 bridgehead atoms. The van der Waals surface area contributed by atoms with Crippen LogP contribution >= 0.6 is 34.5 Å². The average Bonchev–Trinajstić information content (AvgIpc) is 2.94. The van der Waals surface area contributed by atoms with E-state index in [9.17, 15) is 9.18 Å². The molecule has 0 radical (unpaired) electrons. The summed E-state index contributed by atoms with van der Waals surface area (Å²) in [4.78, 5) is 19.8. The molecule has 0 aliphatic heterocycles. The van der Waals surface area contributed by atoms with Crippen LogP contribution in [0.4, 0.5) is 4.39 Å². The zero-order valence-corrected chi connectivity index (χ0v) is 17.4. The van der Waals surface area contributed by atoms with Gasteiger partial charge in [-0.05, 0) is 43.7 Å². The number of nitrogens with zero attached hydrogens (tertiary/aromatic N) is 2. The van der Waals surface area contributed by atoms with E-state index in [-0.39, 0.29) is 22.7 Å². The largest absolute Gasteiger partial charge is 0.287 e. The van der Waals surface area contributed by atoms with Gasteiger partial charge in [0, 0.05) is 21.0 Å². The van der Waals surface area contributed by atoms with Crippen LogP contribution in [-0.2, 0) is 6.54 Å². The van der Waals surface area contributed by atoms with Gasteiger partial charge in [-0.2, -0.15) is 0 Å². The summed E-state index contributed by atoms with van der Waals surface area (Å²) < 4.78 is 15.9. The highest BCUT2D eigenvalue weighted by Gasteiger charge is 2.20. The molecule has 0 saturated carbocycles. The van der Waals surface area contributed by atoms with E-state index in [1.54, 1.807) is 24.3 Å². The molecule has 0 atom stereocenters. The molecule has 2 aromatic heterocycles. The molecule has 0 unspecified atom stereocenters. The van der Waals surface area contributed by atoms with Gasteiger partial charge in [-0.1, -0.05) is 41.4 Å². The Bertz CT molecular complexity index is 1260. The van der Waals surface area contributed by atoms with Crippen molar-refractivity contribution in [2.75, 3.05) is 0 Å². The lowest BCUT2D eigenvalue weighted by molar-refractivity contribution is 0.597. The summed E-state index contributed by atoms with van der Waals surface area (Å²) in [6.07, 6.45) is 0. The molecule has 142 valence electrons. The van der Waals surface area contributed by atoms with E-state index in [0.717, 1.165) is 10.4 Å². The Morgan fingerprint density at radius 3 is 2.50 bits per heavy atom. The van der Waals surface area contributed by atoms with E-state index < -0.39 is 5.82 Å². The van der Waals surface area contributed by atoms with Gasteiger partial charge in [-0.3, -0.25) is 9.36 Å². The van der Waals surface area contributed by atoms with Gasteiger partial charge in [0.05, 0.1) is 17.0 Å². The van der Waals surface area contributed by atoms with Gasteiger partial charge in [0.2, 0.25) is 0 Å². The second-order valence-corrected chi connectivity index (χ2v) is 8.49. The van der Waals surface area contributed by atoms with E-state index >= 15 is 0 Å². The average molecular weight is 433 g/mol. The molecule has 28 heavy (non-hydrogen) atoms. The normalized spacial score (nSPS) is 11.3. The van der Waals surface area contributed by atoms with Gasteiger partial charge in [0.1, 0.15) is 16.5 Å². The van der Waals surface area contributed by atoms with Gasteiger partial charge >= 0.3 is 0 Å². The minimum atomic E-state index is -0.470. The van der Waals surface area contributed by atoms with Crippen molar-refractivity contribution in [1.82, 2.24) is 9.55 Å². The summed E-state index contributed by atoms with van der Waals surface area (Å²) >= 11 is 14.1. The van der Waals surface area contributed by atoms with E-state index in [1.165, 1.54) is 28.0 Å². The Morgan fingerprint density at radius 2 is 1.79 bits per heavy atom. The molecule has 2 aromatic carbocycles. The molecule has 7 heteroatoms. The van der Waals surface area contributed by atoms with Crippen LogP contribution in [0.25, 0.3) is 21.6 Å². The Hall–Kier alpha value is -2.21. The third-order valence-electron chi connectivity index (χ3n) is 4.78. The van der Waals surface area contributed by atoms with Crippen LogP contribution in [0, 0.1) is 19.7 Å². The first-order chi connectivity index (χ1) is 13.4. The number of fused-ring (bicyclic) bond motifs is 1. The van der Waals surface area contributed by atoms with Gasteiger partial charge < -0.3 is 0 Å². The number of benzene rings is 2. The minimum absolute atomic E-state index is 0.0395. The number of halogens is 3. The maximum Gasteiger partial charge on any atom is 0.263 e. The van der Waals surface area contributed by atoms with Crippen molar-refractivity contribution in [3.63, 3.8) is 0 Å². The van der Waals surface area contributed by atoms with Crippen molar-refractivity contribution in [2.24, 2.45) is 0 Å². The first-order valence-corrected chi connectivity index (χ1v) is 10.1. The lowest BCUT2D eigenvalue weighted by Gasteiger charge is -2.15. The van der Waals surface area contributed by atoms with Crippen LogP contribution in [0.2, 0.25) is 10.0 Å². The Labute approximate surface area is 175 Å². The zero-order chi connectivity index (χ0) is 20.0. The molecule has 3 nitrogen and oxygen atoms in total. The highest BCUT2D eigenvalue weighted by Crippen LogP contribution is 2.32. The Balaban J connectivity index is 2.06. The molecule has 0 amide bonds. The van der Waals surface area contributed by atoms with E-state index in [2.05, 4.69) is 0 Å². The standard InChI is InChI=1S/C21H15Cl2FN2OS/c1-11-12(2)28-20-18(11)21(27)26(10-14-16(23)8-5-9-17(14)24)19(25-20)13-6-3-4-7-15(13)22/h3-9H,10H2,1-2H3. The lowest BCUT2D eigenvalue weighted by atomic mass is 10.1. The van der Waals surface area contributed by atoms with Crippen LogP contribution in [0.5, 0.6) is 0 Å². The molecular formula is C21H15Cl2FN2OS. The molecule has 0 aliphatic carbocycles. The first kappa shape index (κ1) is 19.1. The van der Waals surface area contributed by atoms with Crippen molar-refractivity contribution in [3.8, 4) is 11.4 Å². The maximum atomic E-state index is 14.4. The fourth-order valence-electron chi connectivity index (χ4n) is 3.16. The Kier molecular flexibility index (Phi) is 5.00. The minimum Gasteiger partial charge on any atom is -0.287 e. The van der Waals surface area contributed by atoms with E-state index in [1.807, 2.05) is 19.9 Å². The molecule has 4 aromatic rings. The number of hydrogen-bond acceptors (Lipinski definition) is 3. The number of aryl methyl sites for hydroxylation is 2. The number of thiophene rings is 1. The highest BCUT2D eigenvalue weighted by molar-refractivity contribution is 7.18. The van der Waals surface area contributed by atoms with Crippen LogP contribution in [-0.4, -0.2) is 9.55 Å². The smallest absolute Gasteiger partial charge is 0.263 e. The maximum absolute atomic E-state index is 14.4. The second-order valence-electron chi connectivity index (χ2n) is 6.47. The molecule has 0 fully saturated rings. The SMILES string of the molecule is Cc1sc2nc(-c3ccccc3Cl)n(Cc3c(F)cccc3Cl)c(=O)c2c1C. The first-order valence-electron chi connectivity index (χ1n) is 8.56. The second kappa shape index (κ2) is 7.32. The zero-order valence-electron chi connectivity index (χ0n) is 15.1. The molecule has 0 N–H and O–H groups in total. The number of rotatable bonds is 3. The van der Waals surface area contributed by atoms with Crippen LogP contribution in [0.15, 0.2) is 47.3 Å². The van der Waals surface area contributed by atoms with Gasteiger partial charge in [-0.25, -0.2) is 9.37 Å². The van der Waals surface area contributed by atoms with Crippen molar-refractivity contribution < 1.29 is 4.39 Å². The van der Waals surface area contributed by atoms with Gasteiger partial charge in [-0.15, -0.1) is 11.3 Å². The highest BCUT2D eigenvalue weighted by atomic mass is 35.5. The summed E-state index contributed by atoms with van der Waals surface area (Å²) in [7, 11) is 0. The molecule has 0 saturated heterocycles. The van der Waals surface area contributed by atoms with Crippen LogP contribution in [0.3, 0.4) is 0 Å². The van der Waals surface area contributed by atoms with Crippen molar-refractivity contribution in [2.45, 2.75) is 20.4 Å². The third kappa shape index (κ3) is 3.13. The fraction of sp³-hybridized carbons (Fsp3) is 0.143.